The summed E-state index contributed by atoms with van der Waals surface area (Å²) in [6.45, 7) is 10.3. The normalized spacial score (nSPS) is 24.3. The second-order valence-electron chi connectivity index (χ2n) is 13.8. The van der Waals surface area contributed by atoms with Crippen molar-refractivity contribution in [2.75, 3.05) is 6.61 Å². The first kappa shape index (κ1) is 70.0. The minimum Gasteiger partial charge on any atom is -0.396 e. The molecule has 6 nitrogen and oxygen atoms in total. The van der Waals surface area contributed by atoms with Crippen molar-refractivity contribution in [3.63, 3.8) is 0 Å². The molecule has 0 aromatic heterocycles. The Morgan fingerprint density at radius 1 is 0.814 bits per heavy atom. The van der Waals surface area contributed by atoms with Crippen molar-refractivity contribution in [2.24, 2.45) is 17.3 Å². The number of aliphatic hydroxyl groups excluding tert-OH is 2. The van der Waals surface area contributed by atoms with Crippen LogP contribution in [-0.4, -0.2) is 51.9 Å². The lowest BCUT2D eigenvalue weighted by Gasteiger charge is -2.52. The van der Waals surface area contributed by atoms with Crippen molar-refractivity contribution in [3.05, 3.63) is 23.8 Å². The molecule has 3 N–H and O–H groups in total. The van der Waals surface area contributed by atoms with Gasteiger partial charge in [0.15, 0.2) is 0 Å². The Bertz CT molecular complexity index is 1280. The van der Waals surface area contributed by atoms with E-state index in [0.29, 0.717) is 32.8 Å². The van der Waals surface area contributed by atoms with Crippen molar-refractivity contribution in [2.45, 2.75) is 83.9 Å². The average Bonchev–Trinajstić information content (AvgIpc) is 3.11. The summed E-state index contributed by atoms with van der Waals surface area (Å²) in [7, 11) is 50.3. The van der Waals surface area contributed by atoms with E-state index in [0.717, 1.165) is 0 Å². The molecule has 1 aliphatic carbocycles. The van der Waals surface area contributed by atoms with Crippen LogP contribution in [0.4, 0.5) is 0 Å². The van der Waals surface area contributed by atoms with Crippen LogP contribution >= 0.6 is 259 Å². The van der Waals surface area contributed by atoms with Crippen molar-refractivity contribution in [1.29, 1.82) is 0 Å². The Morgan fingerprint density at radius 3 is 1.71 bits per heavy atom. The highest BCUT2D eigenvalue weighted by Gasteiger charge is 2.55. The van der Waals surface area contributed by atoms with E-state index < -0.39 is 101 Å². The van der Waals surface area contributed by atoms with Gasteiger partial charge in [-0.05, 0) is 105 Å². The van der Waals surface area contributed by atoms with Gasteiger partial charge in [0.25, 0.3) is 0 Å². The maximum atomic E-state index is 13.6. The summed E-state index contributed by atoms with van der Waals surface area (Å²) in [4.78, 5) is 0. The van der Waals surface area contributed by atoms with E-state index in [1.165, 1.54) is 5.57 Å². The quantitative estimate of drug-likeness (QED) is 0.0561. The molecule has 0 fully saturated rings. The molecule has 0 heterocycles. The van der Waals surface area contributed by atoms with Gasteiger partial charge in [-0.25, -0.2) is 0 Å². The Labute approximate surface area is 415 Å². The van der Waals surface area contributed by atoms with Crippen LogP contribution in [0, 0.1) is 17.3 Å². The lowest BCUT2D eigenvalue weighted by atomic mass is 9.60. The molecular weight excluding hydrogens is 1340 g/mol. The molecule has 0 saturated carbocycles. The van der Waals surface area contributed by atoms with Crippen LogP contribution in [0.3, 0.4) is 0 Å². The third kappa shape index (κ3) is 22.0. The first-order chi connectivity index (χ1) is 27.0. The van der Waals surface area contributed by atoms with Crippen molar-refractivity contribution in [1.82, 2.24) is 0 Å². The Balaban J connectivity index is 4.08. The highest BCUT2D eigenvalue weighted by molar-refractivity contribution is 9.19. The van der Waals surface area contributed by atoms with E-state index in [-0.39, 0.29) is 52.7 Å². The number of allylic oxidation sites excluding steroid dienone is 1. The van der Waals surface area contributed by atoms with Crippen molar-refractivity contribution >= 4 is 259 Å². The summed E-state index contributed by atoms with van der Waals surface area (Å²) < 4.78 is 22.1. The fourth-order valence-corrected chi connectivity index (χ4v) is 213. The standard InChI is InChI=1S/C21H70O6P32/c1-12-11-20(5,6)16(10-17(12)26-48(57(44)52(35)36)59(54(39)40)55(41)42)19(23)21(24,13(2)8-7-9-22)14(3)18(27-46(49(29)30)56(43)51(33)34)15(4)25-47(50(31)32)58(45-28)53(37)38/h11,14-19,22-24,45H,2,7-10,28-44H2,1,3-6H3/t14-,15-,16?,17+,18-,19-,21+,46?,47?,48?,56?,57?,58?/m1/s1. The number of hydrogen-bond donors (Lipinski definition) is 3. The van der Waals surface area contributed by atoms with Crippen LogP contribution in [0.25, 0.3) is 0 Å². The SMILES string of the molecule is C=C(CCCO)[C@@](O)([C@H](O)C1C[C@H](OP(P(P)P(P)P)P(P(P)P)P(P)P)C(C)=CC1(C)C)[C@H](C)[C@@H](OP(P(P)P)P(P)P(P)P)[C@@H](C)OP(P(P)P)P(PP)P(P)P. The van der Waals surface area contributed by atoms with Gasteiger partial charge in [-0.15, -0.1) is 134 Å². The minimum absolute atomic E-state index is 0.0340. The molecule has 0 amide bonds. The van der Waals surface area contributed by atoms with E-state index in [9.17, 15) is 15.3 Å². The van der Waals surface area contributed by atoms with Gasteiger partial charge in [0.2, 0.25) is 0 Å². The molecule has 0 bridgehead atoms. The highest BCUT2D eigenvalue weighted by atomic mass is 33.2. The summed E-state index contributed by atoms with van der Waals surface area (Å²) in [5.41, 5.74) is -0.504. The van der Waals surface area contributed by atoms with E-state index in [4.69, 9.17) is 13.6 Å². The second kappa shape index (κ2) is 34.8. The molecule has 0 aliphatic heterocycles. The summed E-state index contributed by atoms with van der Waals surface area (Å²) in [6, 6.07) is 0. The second-order valence-corrected chi connectivity index (χ2v) is 129. The first-order valence-electron chi connectivity index (χ1n) is 17.1. The molecule has 1 aliphatic rings. The zero-order chi connectivity index (χ0) is 46.1. The lowest BCUT2D eigenvalue weighted by molar-refractivity contribution is -0.154. The maximum absolute atomic E-state index is 13.6. The smallest absolute Gasteiger partial charge is 0.117 e. The zero-order valence-electron chi connectivity index (χ0n) is 33.7. The number of hydrogen-bond acceptors (Lipinski definition) is 6. The molecule has 0 saturated heterocycles. The molecule has 0 aromatic rings. The van der Waals surface area contributed by atoms with Gasteiger partial charge in [-0.3, -0.25) is 0 Å². The van der Waals surface area contributed by atoms with Gasteiger partial charge in [-0.1, -0.05) is 59.2 Å². The maximum Gasteiger partial charge on any atom is 0.117 e. The zero-order valence-corrected chi connectivity index (χ0v) is 66.9. The molecule has 25 unspecified atom stereocenters. The van der Waals surface area contributed by atoms with Gasteiger partial charge in [-0.2, -0.15) is 0 Å². The fraction of sp³-hybridized carbons (Fsp3) is 0.810. The molecule has 1 rings (SSSR count). The average molecular weight is 1410 g/mol. The van der Waals surface area contributed by atoms with E-state index in [1.807, 2.05) is 6.92 Å². The van der Waals surface area contributed by atoms with Gasteiger partial charge < -0.3 is 28.9 Å². The largest absolute Gasteiger partial charge is 0.396 e. The number of rotatable bonds is 27. The van der Waals surface area contributed by atoms with Crippen molar-refractivity contribution < 1.29 is 28.9 Å². The van der Waals surface area contributed by atoms with Crippen LogP contribution < -0.4 is 0 Å². The summed E-state index contributed by atoms with van der Waals surface area (Å²) in [6.07, 6.45) is 1.38. The molecular formula is C21H70O6P32. The molecule has 0 spiro atoms. The highest BCUT2D eigenvalue weighted by Crippen LogP contribution is 3.18. The summed E-state index contributed by atoms with van der Waals surface area (Å²) in [5, 5.41) is 36.8. The lowest BCUT2D eigenvalue weighted by Crippen LogP contribution is -2.60. The fourth-order valence-electron chi connectivity index (χ4n) is 6.29. The molecule has 38 heteroatoms. The first-order valence-corrected chi connectivity index (χ1v) is 72.9. The summed E-state index contributed by atoms with van der Waals surface area (Å²) >= 11 is 0. The molecule has 59 heavy (non-hydrogen) atoms. The topological polar surface area (TPSA) is 88.4 Å². The van der Waals surface area contributed by atoms with Gasteiger partial charge >= 0.3 is 0 Å². The van der Waals surface area contributed by atoms with E-state index in [1.54, 1.807) is 0 Å². The van der Waals surface area contributed by atoms with Crippen LogP contribution in [0.2, 0.25) is 0 Å². The Morgan fingerprint density at radius 2 is 1.31 bits per heavy atom. The van der Waals surface area contributed by atoms with Gasteiger partial charge in [0.1, 0.15) is 5.60 Å². The van der Waals surface area contributed by atoms with Crippen molar-refractivity contribution in [3.8, 4) is 0 Å². The molecule has 0 aromatic carbocycles. The monoisotopic (exact) mass is 1410 g/mol. The van der Waals surface area contributed by atoms with Gasteiger partial charge in [0.05, 0.1) is 47.0 Å². The van der Waals surface area contributed by atoms with E-state index in [2.05, 4.69) is 192 Å². The number of aliphatic hydroxyl groups is 3. The van der Waals surface area contributed by atoms with Gasteiger partial charge in [0, 0.05) is 40.5 Å². The summed E-state index contributed by atoms with van der Waals surface area (Å²) in [5.74, 6) is -0.959. The van der Waals surface area contributed by atoms with Crippen LogP contribution in [0.15, 0.2) is 23.8 Å². The minimum atomic E-state index is -1.76. The predicted molar refractivity (Wildman–Crippen MR) is 372 cm³/mol. The Hall–Kier alpha value is 13.0. The Kier molecular flexibility index (Phi) is 41.3. The van der Waals surface area contributed by atoms with Crippen LogP contribution in [-0.2, 0) is 13.6 Å². The third-order valence-corrected chi connectivity index (χ3v) is 167. The van der Waals surface area contributed by atoms with E-state index >= 15 is 0 Å². The predicted octanol–water partition coefficient (Wildman–Crippen LogP) is 20.8. The van der Waals surface area contributed by atoms with Crippen LogP contribution in [0.5, 0.6) is 0 Å². The molecule has 31 atom stereocenters. The molecule has 0 radical (unpaired) electrons. The van der Waals surface area contributed by atoms with Crippen LogP contribution in [0.1, 0.15) is 53.9 Å². The molecule has 350 valence electrons. The third-order valence-electron chi connectivity index (χ3n) is 9.20.